The summed E-state index contributed by atoms with van der Waals surface area (Å²) in [7, 11) is -17.1. The number of halogens is 1. The molecule has 20 heteroatoms. The molecule has 1 saturated heterocycles. The maximum atomic E-state index is 15.8. The highest BCUT2D eigenvalue weighted by molar-refractivity contribution is 7.66. The van der Waals surface area contributed by atoms with Gasteiger partial charge in [0.1, 0.15) is 12.2 Å². The number of phosphoric acid groups is 3. The third kappa shape index (κ3) is 6.58. The largest absolute Gasteiger partial charge is 0.490 e. The Morgan fingerprint density at radius 3 is 2.29 bits per heavy atom. The Balaban J connectivity index is 2.37. The van der Waals surface area contributed by atoms with Crippen molar-refractivity contribution < 1.29 is 60.6 Å². The molecule has 0 bridgehead atoms. The number of H-pyrrole nitrogens is 1. The van der Waals surface area contributed by atoms with Crippen LogP contribution < -0.4 is 11.2 Å². The maximum Gasteiger partial charge on any atom is 0.490 e. The van der Waals surface area contributed by atoms with Gasteiger partial charge >= 0.3 is 29.2 Å². The first kappa shape index (κ1) is 28.7. The van der Waals surface area contributed by atoms with Gasteiger partial charge in [0.05, 0.1) is 6.10 Å². The van der Waals surface area contributed by atoms with E-state index in [9.17, 15) is 38.2 Å². The van der Waals surface area contributed by atoms with Gasteiger partial charge in [0, 0.05) is 11.8 Å². The molecule has 1 aliphatic heterocycles. The van der Waals surface area contributed by atoms with E-state index in [-0.39, 0.29) is 5.69 Å². The fourth-order valence-corrected chi connectivity index (χ4v) is 6.33. The van der Waals surface area contributed by atoms with Crippen molar-refractivity contribution in [3.05, 3.63) is 32.6 Å². The van der Waals surface area contributed by atoms with Crippen LogP contribution in [0, 0.1) is 18.8 Å². The van der Waals surface area contributed by atoms with Crippen molar-refractivity contribution in [2.45, 2.75) is 51.0 Å². The molecule has 0 aliphatic carbocycles. The number of aliphatic hydroxyl groups excluding tert-OH is 1. The number of aryl methyl sites for hydroxylation is 1. The summed E-state index contributed by atoms with van der Waals surface area (Å²) in [5.41, 5.74) is -5.03. The number of alkyl halides is 1. The number of rotatable bonds is 8. The summed E-state index contributed by atoms with van der Waals surface area (Å²) in [6.45, 7) is 3.41. The Morgan fingerprint density at radius 2 is 1.79 bits per heavy atom. The summed E-state index contributed by atoms with van der Waals surface area (Å²) in [6.07, 6.45) is -7.92. The molecule has 0 aromatic carbocycles. The van der Waals surface area contributed by atoms with Crippen LogP contribution in [0.1, 0.15) is 25.8 Å². The van der Waals surface area contributed by atoms with Crippen molar-refractivity contribution in [1.29, 1.82) is 0 Å². The zero-order valence-corrected chi connectivity index (χ0v) is 20.1. The zero-order valence-electron chi connectivity index (χ0n) is 17.5. The van der Waals surface area contributed by atoms with Crippen LogP contribution in [-0.2, 0) is 31.6 Å². The number of aromatic amines is 1. The summed E-state index contributed by atoms with van der Waals surface area (Å²) in [4.78, 5) is 61.7. The Morgan fingerprint density at radius 1 is 1.21 bits per heavy atom. The highest BCUT2D eigenvalue weighted by Crippen LogP contribution is 2.66. The molecule has 7 atom stereocenters. The third-order valence-electron chi connectivity index (χ3n) is 4.29. The molecule has 1 aromatic rings. The minimum Gasteiger partial charge on any atom is -0.386 e. The molecule has 16 nitrogen and oxygen atoms in total. The summed E-state index contributed by atoms with van der Waals surface area (Å²) in [5, 5.41) is 10.5. The Kier molecular flexibility index (Phi) is 8.34. The number of aromatic nitrogens is 2. The van der Waals surface area contributed by atoms with Crippen molar-refractivity contribution >= 4 is 23.5 Å². The van der Waals surface area contributed by atoms with Gasteiger partial charge in [0.2, 0.25) is 5.67 Å². The molecule has 3 unspecified atom stereocenters. The minimum atomic E-state index is -5.83. The van der Waals surface area contributed by atoms with Crippen LogP contribution in [-0.4, -0.2) is 58.2 Å². The number of nitrogens with zero attached hydrogens (tertiary/aromatic N) is 1. The number of ether oxygens (including phenoxy) is 1. The topological polar surface area (TPSA) is 244 Å². The van der Waals surface area contributed by atoms with Gasteiger partial charge < -0.3 is 29.4 Å². The van der Waals surface area contributed by atoms with Crippen LogP contribution in [0.25, 0.3) is 0 Å². The predicted octanol–water partition coefficient (Wildman–Crippen LogP) is -0.433. The standard InChI is InChI=1S/C14H20FN2O14P3/c1-4-5-14(15)11(19)10(28-12(14)17-7(2)6-9(18)16-13(17)20)8(3)29-33(24,25)31-34(26,27)30-32(21,22)23/h6,8,10-12,19H,1-3H3,(H,24,25)(H,26,27)(H,16,18,20)(H2,21,22,23)/t8-,10-,11+,12-,14?/m1/s1. The van der Waals surface area contributed by atoms with E-state index in [2.05, 4.69) is 19.1 Å². The van der Waals surface area contributed by atoms with E-state index < -0.39 is 64.9 Å². The molecule has 2 heterocycles. The highest BCUT2D eigenvalue weighted by Gasteiger charge is 2.60. The van der Waals surface area contributed by atoms with Gasteiger partial charge in [0.25, 0.3) is 5.56 Å². The molecule has 6 N–H and O–H groups in total. The molecule has 1 aromatic heterocycles. The Bertz CT molecular complexity index is 1260. The average Bonchev–Trinajstić information content (AvgIpc) is 2.83. The van der Waals surface area contributed by atoms with Crippen molar-refractivity contribution in [1.82, 2.24) is 9.55 Å². The SMILES string of the molecule is CC#CC1(F)[C@@H](O)[C@@H]([C@@H](C)OP(=O)(O)OP(=O)(O)OP(=O)(O)O)O[C@H]1n1c(C)cc(=O)[nH]c1=O. The quantitative estimate of drug-likeness (QED) is 0.177. The van der Waals surface area contributed by atoms with Crippen molar-refractivity contribution in [3.63, 3.8) is 0 Å². The van der Waals surface area contributed by atoms with E-state index in [1.54, 1.807) is 0 Å². The van der Waals surface area contributed by atoms with Gasteiger partial charge in [-0.05, 0) is 20.8 Å². The number of hydrogen-bond acceptors (Lipinski definition) is 10. The van der Waals surface area contributed by atoms with Crippen molar-refractivity contribution in [2.75, 3.05) is 0 Å². The van der Waals surface area contributed by atoms with Crippen LogP contribution in [0.5, 0.6) is 0 Å². The number of phosphoric ester groups is 1. The van der Waals surface area contributed by atoms with E-state index in [1.807, 2.05) is 10.9 Å². The van der Waals surface area contributed by atoms with E-state index in [1.165, 1.54) is 13.8 Å². The van der Waals surface area contributed by atoms with E-state index in [0.717, 1.165) is 13.0 Å². The van der Waals surface area contributed by atoms with E-state index in [0.29, 0.717) is 4.57 Å². The summed E-state index contributed by atoms with van der Waals surface area (Å²) in [6, 6.07) is 0.930. The third-order valence-corrected chi connectivity index (χ3v) is 8.21. The summed E-state index contributed by atoms with van der Waals surface area (Å²) in [5.74, 6) is 4.26. The normalized spacial score (nSPS) is 29.5. The maximum absolute atomic E-state index is 15.8. The van der Waals surface area contributed by atoms with Gasteiger partial charge in [-0.1, -0.05) is 5.92 Å². The molecule has 0 saturated carbocycles. The molecule has 0 radical (unpaired) electrons. The molecule has 2 rings (SSSR count). The van der Waals surface area contributed by atoms with Gasteiger partial charge in [-0.25, -0.2) is 22.9 Å². The molecule has 0 amide bonds. The monoisotopic (exact) mass is 552 g/mol. The van der Waals surface area contributed by atoms with Crippen LogP contribution in [0.2, 0.25) is 0 Å². The molecule has 0 spiro atoms. The zero-order chi connectivity index (χ0) is 26.3. The lowest BCUT2D eigenvalue weighted by molar-refractivity contribution is -0.0787. The average molecular weight is 552 g/mol. The molecule has 34 heavy (non-hydrogen) atoms. The lowest BCUT2D eigenvalue weighted by Gasteiger charge is -2.25. The van der Waals surface area contributed by atoms with Crippen LogP contribution >= 0.6 is 23.5 Å². The fourth-order valence-electron chi connectivity index (χ4n) is 3.13. The lowest BCUT2D eigenvalue weighted by Crippen LogP contribution is -2.46. The number of nitrogens with one attached hydrogen (secondary N) is 1. The predicted molar refractivity (Wildman–Crippen MR) is 108 cm³/mol. The van der Waals surface area contributed by atoms with Crippen LogP contribution in [0.15, 0.2) is 15.7 Å². The smallest absolute Gasteiger partial charge is 0.386 e. The van der Waals surface area contributed by atoms with Crippen molar-refractivity contribution in [2.24, 2.45) is 0 Å². The van der Waals surface area contributed by atoms with Gasteiger partial charge in [-0.15, -0.1) is 5.92 Å². The number of hydrogen-bond donors (Lipinski definition) is 6. The molecular formula is C14H20FN2O14P3. The second-order valence-electron chi connectivity index (χ2n) is 6.89. The van der Waals surface area contributed by atoms with E-state index in [4.69, 9.17) is 14.5 Å². The van der Waals surface area contributed by atoms with Gasteiger partial charge in [-0.2, -0.15) is 8.62 Å². The molecule has 1 fully saturated rings. The summed E-state index contributed by atoms with van der Waals surface area (Å²) >= 11 is 0. The second-order valence-corrected chi connectivity index (χ2v) is 11.3. The fraction of sp³-hybridized carbons (Fsp3) is 0.571. The molecule has 1 aliphatic rings. The van der Waals surface area contributed by atoms with Crippen LogP contribution in [0.3, 0.4) is 0 Å². The first-order chi connectivity index (χ1) is 15.3. The number of aliphatic hydroxyl groups is 1. The highest BCUT2D eigenvalue weighted by atomic mass is 31.3. The van der Waals surface area contributed by atoms with E-state index >= 15 is 4.39 Å². The summed E-state index contributed by atoms with van der Waals surface area (Å²) < 4.78 is 67.8. The molecular weight excluding hydrogens is 532 g/mol. The Labute approximate surface area is 189 Å². The van der Waals surface area contributed by atoms with Crippen molar-refractivity contribution in [3.8, 4) is 11.8 Å². The first-order valence-electron chi connectivity index (χ1n) is 8.93. The lowest BCUT2D eigenvalue weighted by atomic mass is 9.94. The molecule has 192 valence electrons. The first-order valence-corrected chi connectivity index (χ1v) is 13.4. The Hall–Kier alpha value is -1.50. The van der Waals surface area contributed by atoms with Gasteiger partial charge in [0.15, 0.2) is 6.23 Å². The van der Waals surface area contributed by atoms with Crippen LogP contribution in [0.4, 0.5) is 4.39 Å². The second kappa shape index (κ2) is 9.87. The van der Waals surface area contributed by atoms with Gasteiger partial charge in [-0.3, -0.25) is 18.9 Å². The minimum absolute atomic E-state index is 0.0907.